The molecule has 7 heteroatoms. The summed E-state index contributed by atoms with van der Waals surface area (Å²) < 4.78 is 38.1. The quantitative estimate of drug-likeness (QED) is 0.859. The summed E-state index contributed by atoms with van der Waals surface area (Å²) in [7, 11) is 0. The molecule has 0 aliphatic rings. The Morgan fingerprint density at radius 2 is 2.06 bits per heavy atom. The highest BCUT2D eigenvalue weighted by Gasteiger charge is 2.33. The summed E-state index contributed by atoms with van der Waals surface area (Å²) in [6.45, 7) is 0. The molecule has 0 saturated carbocycles. The van der Waals surface area contributed by atoms with Crippen molar-refractivity contribution in [1.29, 1.82) is 0 Å². The number of H-pyrrole nitrogens is 1. The van der Waals surface area contributed by atoms with Crippen molar-refractivity contribution >= 4 is 22.2 Å². The topological polar surface area (TPSA) is 45.8 Å². The zero-order chi connectivity index (χ0) is 13.3. The van der Waals surface area contributed by atoms with Crippen molar-refractivity contribution in [3.05, 3.63) is 40.1 Å². The second-order valence-electron chi connectivity index (χ2n) is 3.50. The van der Waals surface area contributed by atoms with Crippen molar-refractivity contribution in [1.82, 2.24) is 9.97 Å². The number of rotatable bonds is 2. The minimum atomic E-state index is -4.45. The van der Waals surface area contributed by atoms with Crippen molar-refractivity contribution < 1.29 is 18.0 Å². The van der Waals surface area contributed by atoms with Gasteiger partial charge in [-0.3, -0.25) is 4.79 Å². The molecule has 1 heterocycles. The molecular formula is C11H6BrF3N2O. The standard InChI is InChI=1S/C11H6BrF3N2O/c12-9-2-1-6(3-8(9)11(13,14)15)10-16-4-7(5-18)17-10/h1-5H,(H,16,17). The van der Waals surface area contributed by atoms with Crippen LogP contribution < -0.4 is 0 Å². The number of nitrogens with one attached hydrogen (secondary N) is 1. The molecule has 1 N–H and O–H groups in total. The van der Waals surface area contributed by atoms with Crippen LogP contribution in [-0.4, -0.2) is 16.3 Å². The van der Waals surface area contributed by atoms with Gasteiger partial charge in [-0.15, -0.1) is 0 Å². The van der Waals surface area contributed by atoms with Gasteiger partial charge in [0.1, 0.15) is 5.82 Å². The maximum absolute atomic E-state index is 12.7. The van der Waals surface area contributed by atoms with Crippen LogP contribution in [0.4, 0.5) is 13.2 Å². The lowest BCUT2D eigenvalue weighted by molar-refractivity contribution is -0.138. The Morgan fingerprint density at radius 3 is 2.61 bits per heavy atom. The van der Waals surface area contributed by atoms with E-state index in [4.69, 9.17) is 0 Å². The summed E-state index contributed by atoms with van der Waals surface area (Å²) in [5.74, 6) is 0.218. The average molecular weight is 319 g/mol. The molecule has 0 unspecified atom stereocenters. The molecule has 2 rings (SSSR count). The number of aldehydes is 1. The molecular weight excluding hydrogens is 313 g/mol. The third-order valence-electron chi connectivity index (χ3n) is 2.27. The fourth-order valence-electron chi connectivity index (χ4n) is 1.43. The van der Waals surface area contributed by atoms with Gasteiger partial charge in [-0.25, -0.2) is 4.98 Å². The summed E-state index contributed by atoms with van der Waals surface area (Å²) >= 11 is 2.85. The zero-order valence-corrected chi connectivity index (χ0v) is 10.3. The van der Waals surface area contributed by atoms with Gasteiger partial charge in [0.15, 0.2) is 6.29 Å². The van der Waals surface area contributed by atoms with Crippen LogP contribution in [0.1, 0.15) is 16.1 Å². The van der Waals surface area contributed by atoms with E-state index >= 15 is 0 Å². The van der Waals surface area contributed by atoms with Crippen LogP contribution in [-0.2, 0) is 6.18 Å². The Kier molecular flexibility index (Phi) is 3.25. The number of aromatic nitrogens is 2. The number of hydrogen-bond donors (Lipinski definition) is 1. The van der Waals surface area contributed by atoms with E-state index in [1.54, 1.807) is 0 Å². The van der Waals surface area contributed by atoms with E-state index in [1.165, 1.54) is 18.3 Å². The molecule has 1 aromatic heterocycles. The van der Waals surface area contributed by atoms with E-state index in [2.05, 4.69) is 25.9 Å². The van der Waals surface area contributed by atoms with Crippen LogP contribution in [0.25, 0.3) is 11.4 Å². The Morgan fingerprint density at radius 1 is 1.33 bits per heavy atom. The van der Waals surface area contributed by atoms with Crippen molar-refractivity contribution in [3.63, 3.8) is 0 Å². The number of halogens is 4. The summed E-state index contributed by atoms with van der Waals surface area (Å²) in [4.78, 5) is 16.9. The van der Waals surface area contributed by atoms with Crippen LogP contribution >= 0.6 is 15.9 Å². The van der Waals surface area contributed by atoms with Gasteiger partial charge >= 0.3 is 6.18 Å². The van der Waals surface area contributed by atoms with E-state index in [0.717, 1.165) is 6.07 Å². The monoisotopic (exact) mass is 318 g/mol. The fraction of sp³-hybridized carbons (Fsp3) is 0.0909. The lowest BCUT2D eigenvalue weighted by atomic mass is 10.1. The van der Waals surface area contributed by atoms with Crippen LogP contribution in [0, 0.1) is 0 Å². The van der Waals surface area contributed by atoms with Gasteiger partial charge in [-0.1, -0.05) is 22.0 Å². The summed E-state index contributed by atoms with van der Waals surface area (Å²) in [5, 5.41) is 0. The number of imidazole rings is 1. The molecule has 0 bridgehead atoms. The minimum Gasteiger partial charge on any atom is -0.336 e. The second-order valence-corrected chi connectivity index (χ2v) is 4.35. The van der Waals surface area contributed by atoms with Crippen molar-refractivity contribution in [2.24, 2.45) is 0 Å². The average Bonchev–Trinajstić information content (AvgIpc) is 2.76. The number of benzene rings is 1. The molecule has 94 valence electrons. The van der Waals surface area contributed by atoms with E-state index in [1.807, 2.05) is 0 Å². The number of carbonyl (C=O) groups excluding carboxylic acids is 1. The third-order valence-corrected chi connectivity index (χ3v) is 2.96. The molecule has 0 aliphatic heterocycles. The largest absolute Gasteiger partial charge is 0.417 e. The van der Waals surface area contributed by atoms with Gasteiger partial charge in [0.25, 0.3) is 0 Å². The Balaban J connectivity index is 2.50. The zero-order valence-electron chi connectivity index (χ0n) is 8.75. The molecule has 0 aliphatic carbocycles. The van der Waals surface area contributed by atoms with E-state index in [-0.39, 0.29) is 21.6 Å². The molecule has 0 fully saturated rings. The van der Waals surface area contributed by atoms with Gasteiger partial charge in [0.05, 0.1) is 17.5 Å². The predicted molar refractivity (Wildman–Crippen MR) is 62.1 cm³/mol. The maximum Gasteiger partial charge on any atom is 0.417 e. The molecule has 0 spiro atoms. The van der Waals surface area contributed by atoms with Crippen LogP contribution in [0.3, 0.4) is 0 Å². The highest BCUT2D eigenvalue weighted by atomic mass is 79.9. The molecule has 3 nitrogen and oxygen atoms in total. The summed E-state index contributed by atoms with van der Waals surface area (Å²) in [5.41, 5.74) is -0.316. The summed E-state index contributed by atoms with van der Waals surface area (Å²) in [6.07, 6.45) is -2.65. The SMILES string of the molecule is O=Cc1cnc(-c2ccc(Br)c(C(F)(F)F)c2)[nH]1. The van der Waals surface area contributed by atoms with Gasteiger partial charge in [-0.05, 0) is 12.1 Å². The number of hydrogen-bond acceptors (Lipinski definition) is 2. The first-order valence-corrected chi connectivity index (χ1v) is 5.58. The molecule has 0 radical (unpaired) electrons. The number of aromatic amines is 1. The number of alkyl halides is 3. The van der Waals surface area contributed by atoms with Crippen LogP contribution in [0.5, 0.6) is 0 Å². The van der Waals surface area contributed by atoms with Gasteiger partial charge in [0, 0.05) is 10.0 Å². The van der Waals surface area contributed by atoms with Gasteiger partial charge < -0.3 is 4.98 Å². The van der Waals surface area contributed by atoms with Crippen LogP contribution in [0.2, 0.25) is 0 Å². The molecule has 0 amide bonds. The Labute approximate surface area is 108 Å². The van der Waals surface area contributed by atoms with E-state index in [9.17, 15) is 18.0 Å². The first-order valence-electron chi connectivity index (χ1n) is 4.79. The van der Waals surface area contributed by atoms with Crippen molar-refractivity contribution in [2.75, 3.05) is 0 Å². The van der Waals surface area contributed by atoms with E-state index < -0.39 is 11.7 Å². The summed E-state index contributed by atoms with van der Waals surface area (Å²) in [6, 6.07) is 3.74. The lowest BCUT2D eigenvalue weighted by Crippen LogP contribution is -2.06. The Hall–Kier alpha value is -1.63. The van der Waals surface area contributed by atoms with Gasteiger partial charge in [0.2, 0.25) is 0 Å². The van der Waals surface area contributed by atoms with Crippen molar-refractivity contribution in [3.8, 4) is 11.4 Å². The fourth-order valence-corrected chi connectivity index (χ4v) is 1.90. The van der Waals surface area contributed by atoms with E-state index in [0.29, 0.717) is 6.29 Å². The third kappa shape index (κ3) is 2.45. The highest BCUT2D eigenvalue weighted by molar-refractivity contribution is 9.10. The van der Waals surface area contributed by atoms with Crippen molar-refractivity contribution in [2.45, 2.75) is 6.18 Å². The normalized spacial score (nSPS) is 11.6. The first-order chi connectivity index (χ1) is 8.41. The molecule has 0 atom stereocenters. The molecule has 0 saturated heterocycles. The number of nitrogens with zero attached hydrogens (tertiary/aromatic N) is 1. The number of carbonyl (C=O) groups is 1. The molecule has 1 aromatic carbocycles. The first kappa shape index (κ1) is 12.8. The molecule has 18 heavy (non-hydrogen) atoms. The smallest absolute Gasteiger partial charge is 0.336 e. The second kappa shape index (κ2) is 4.56. The molecule has 2 aromatic rings. The van der Waals surface area contributed by atoms with Crippen LogP contribution in [0.15, 0.2) is 28.9 Å². The maximum atomic E-state index is 12.7. The predicted octanol–water partition coefficient (Wildman–Crippen LogP) is 3.67. The Bertz CT molecular complexity index is 592. The lowest BCUT2D eigenvalue weighted by Gasteiger charge is -2.10. The highest BCUT2D eigenvalue weighted by Crippen LogP contribution is 2.36. The minimum absolute atomic E-state index is 0.0408. The van der Waals surface area contributed by atoms with Gasteiger partial charge in [-0.2, -0.15) is 13.2 Å².